The van der Waals surface area contributed by atoms with Crippen molar-refractivity contribution < 1.29 is 49.5 Å². The Kier molecular flexibility index (Phi) is 34.0. The van der Waals surface area contributed by atoms with Gasteiger partial charge in [0, 0.05) is 31.2 Å². The molecule has 0 aliphatic carbocycles. The number of carboxylic acid groups (broad SMARTS) is 2. The monoisotopic (exact) mass is 824 g/mol. The first kappa shape index (κ1) is 55.0. The third-order valence-electron chi connectivity index (χ3n) is 10.8. The number of ketones is 3. The zero-order valence-corrected chi connectivity index (χ0v) is 36.1. The number of aromatic nitrogens is 2. The normalized spacial score (nSPS) is 13.8. The van der Waals surface area contributed by atoms with Gasteiger partial charge in [-0.15, -0.1) is 0 Å². The van der Waals surface area contributed by atoms with E-state index < -0.39 is 53.1 Å². The second-order valence-corrected chi connectivity index (χ2v) is 16.1. The fourth-order valence-electron chi connectivity index (χ4n) is 7.03. The first-order valence-corrected chi connectivity index (χ1v) is 22.7. The smallest absolute Gasteiger partial charge is 0.303 e. The van der Waals surface area contributed by atoms with Gasteiger partial charge in [0.05, 0.1) is 25.2 Å². The predicted octanol–water partition coefficient (Wildman–Crippen LogP) is 8.34. The van der Waals surface area contributed by atoms with Crippen molar-refractivity contribution in [1.29, 1.82) is 0 Å². The quantitative estimate of drug-likeness (QED) is 0.0245. The Bertz CT molecular complexity index is 1200. The lowest BCUT2D eigenvalue weighted by Crippen LogP contribution is -2.65. The number of unbranched alkanes of at least 4 members (excludes halogenated alkanes) is 24. The number of aromatic amines is 1. The van der Waals surface area contributed by atoms with E-state index in [0.717, 1.165) is 44.9 Å². The SMILES string of the molecule is CCCCCCCCCCCCCCCC(=O)C(O)C(O)C(O)(C(=O)CCCCCCCCCCCCCCC)C(=O)[C@@H](N)Cc1cnc[nH]1.O=C(O)CCC(=O)O. The molecule has 0 saturated carbocycles. The fourth-order valence-corrected chi connectivity index (χ4v) is 7.03. The van der Waals surface area contributed by atoms with E-state index in [-0.39, 0.29) is 32.1 Å². The number of nitrogens with one attached hydrogen (secondary N) is 1. The van der Waals surface area contributed by atoms with Gasteiger partial charge in [-0.2, -0.15) is 0 Å². The largest absolute Gasteiger partial charge is 0.481 e. The molecule has 13 nitrogen and oxygen atoms in total. The lowest BCUT2D eigenvalue weighted by molar-refractivity contribution is -0.175. The highest BCUT2D eigenvalue weighted by molar-refractivity contribution is 6.13. The van der Waals surface area contributed by atoms with Crippen LogP contribution in [0.25, 0.3) is 0 Å². The summed E-state index contributed by atoms with van der Waals surface area (Å²) in [6, 6.07) is -1.35. The summed E-state index contributed by atoms with van der Waals surface area (Å²) in [6.07, 6.45) is 27.2. The van der Waals surface area contributed by atoms with Gasteiger partial charge in [-0.3, -0.25) is 24.0 Å². The first-order valence-electron chi connectivity index (χ1n) is 22.7. The molecule has 0 aliphatic heterocycles. The standard InChI is InChI=1S/C41H75N3O6.C4H6O4/c1-3-5-7-9-11-13-15-17-19-21-23-25-27-29-36(45)38(47)40(49)41(50,39(48)35(42)31-34-32-43-33-44-34)37(46)30-28-26-24-22-20-18-16-14-12-10-8-6-4-2;5-3(6)1-2-4(7)8/h32-33,35,38,40,47,49-50H,3-31,42H2,1-2H3,(H,43,44);1-2H2,(H,5,6)(H,7,8)/t35-,38?,40?,41?;/m0./s1. The maximum absolute atomic E-state index is 13.5. The summed E-state index contributed by atoms with van der Waals surface area (Å²) in [5.41, 5.74) is 3.66. The van der Waals surface area contributed by atoms with Crippen molar-refractivity contribution in [3.8, 4) is 0 Å². The summed E-state index contributed by atoms with van der Waals surface area (Å²) in [6.45, 7) is 4.46. The van der Waals surface area contributed by atoms with Crippen molar-refractivity contribution in [3.05, 3.63) is 18.2 Å². The molecule has 0 aliphatic rings. The molecule has 1 aromatic rings. The van der Waals surface area contributed by atoms with E-state index in [0.29, 0.717) is 18.5 Å². The number of Topliss-reactive ketones (excluding diaryl/α,β-unsaturated/α-hetero) is 3. The van der Waals surface area contributed by atoms with Crippen molar-refractivity contribution in [2.24, 2.45) is 5.73 Å². The predicted molar refractivity (Wildman–Crippen MR) is 227 cm³/mol. The minimum atomic E-state index is -2.98. The van der Waals surface area contributed by atoms with E-state index in [9.17, 15) is 39.3 Å². The molecule has 1 rings (SSSR count). The maximum atomic E-state index is 13.5. The lowest BCUT2D eigenvalue weighted by Gasteiger charge is -2.34. The number of nitrogens with zero attached hydrogens (tertiary/aromatic N) is 1. The van der Waals surface area contributed by atoms with Crippen LogP contribution in [0.4, 0.5) is 0 Å². The van der Waals surface area contributed by atoms with Gasteiger partial charge in [0.25, 0.3) is 0 Å². The number of carboxylic acids is 2. The highest BCUT2D eigenvalue weighted by Crippen LogP contribution is 2.25. The van der Waals surface area contributed by atoms with Crippen LogP contribution in [0.3, 0.4) is 0 Å². The molecule has 0 spiro atoms. The van der Waals surface area contributed by atoms with Gasteiger partial charge in [0.15, 0.2) is 17.3 Å². The van der Waals surface area contributed by atoms with Crippen molar-refractivity contribution >= 4 is 29.3 Å². The number of aliphatic hydroxyl groups excluding tert-OH is 2. The van der Waals surface area contributed by atoms with Crippen LogP contribution in [0.2, 0.25) is 0 Å². The molecule has 0 radical (unpaired) electrons. The second kappa shape index (κ2) is 35.9. The van der Waals surface area contributed by atoms with Crippen LogP contribution in [0.15, 0.2) is 12.5 Å². The fraction of sp³-hybridized carbons (Fsp3) is 0.822. The molecule has 0 fully saturated rings. The van der Waals surface area contributed by atoms with Crippen LogP contribution in [0, 0.1) is 0 Å². The van der Waals surface area contributed by atoms with Gasteiger partial charge in [-0.05, 0) is 12.8 Å². The minimum Gasteiger partial charge on any atom is -0.481 e. The van der Waals surface area contributed by atoms with Crippen LogP contribution < -0.4 is 5.73 Å². The van der Waals surface area contributed by atoms with Crippen molar-refractivity contribution in [2.75, 3.05) is 0 Å². The van der Waals surface area contributed by atoms with E-state index in [4.69, 9.17) is 15.9 Å². The van der Waals surface area contributed by atoms with Crippen LogP contribution in [0.1, 0.15) is 212 Å². The van der Waals surface area contributed by atoms with Gasteiger partial charge < -0.3 is 36.3 Å². The van der Waals surface area contributed by atoms with Crippen LogP contribution >= 0.6 is 0 Å². The summed E-state index contributed by atoms with van der Waals surface area (Å²) in [5.74, 6) is -4.86. The van der Waals surface area contributed by atoms with E-state index >= 15 is 0 Å². The number of aliphatic carboxylic acids is 2. The number of imidazole rings is 1. The molecule has 58 heavy (non-hydrogen) atoms. The maximum Gasteiger partial charge on any atom is 0.303 e. The van der Waals surface area contributed by atoms with Gasteiger partial charge >= 0.3 is 11.9 Å². The summed E-state index contributed by atoms with van der Waals surface area (Å²) in [5, 5.41) is 49.2. The zero-order valence-electron chi connectivity index (χ0n) is 36.1. The lowest BCUT2D eigenvalue weighted by atomic mass is 9.78. The minimum absolute atomic E-state index is 0.00645. The Morgan fingerprint density at radius 1 is 0.603 bits per heavy atom. The molecule has 1 aromatic heterocycles. The molecule has 336 valence electrons. The highest BCUT2D eigenvalue weighted by Gasteiger charge is 2.54. The third-order valence-corrected chi connectivity index (χ3v) is 10.8. The molecule has 3 unspecified atom stereocenters. The number of carbonyl (C=O) groups is 5. The Balaban J connectivity index is 0.00000364. The Hall–Kier alpha value is -3.00. The van der Waals surface area contributed by atoms with Crippen molar-refractivity contribution in [2.45, 2.75) is 237 Å². The average molecular weight is 824 g/mol. The Labute approximate surface area is 348 Å². The first-order chi connectivity index (χ1) is 27.8. The summed E-state index contributed by atoms with van der Waals surface area (Å²) in [4.78, 5) is 65.9. The van der Waals surface area contributed by atoms with Gasteiger partial charge in [-0.25, -0.2) is 4.98 Å². The number of hydrogen-bond donors (Lipinski definition) is 7. The van der Waals surface area contributed by atoms with E-state index in [2.05, 4.69) is 23.8 Å². The van der Waals surface area contributed by atoms with Gasteiger partial charge in [0.2, 0.25) is 5.60 Å². The van der Waals surface area contributed by atoms with E-state index in [1.807, 2.05) is 0 Å². The number of aliphatic hydroxyl groups is 3. The highest BCUT2D eigenvalue weighted by atomic mass is 16.4. The third kappa shape index (κ3) is 26.9. The van der Waals surface area contributed by atoms with Crippen LogP contribution in [-0.4, -0.2) is 88.6 Å². The topological polar surface area (TPSA) is 241 Å². The molecule has 8 N–H and O–H groups in total. The molecule has 4 atom stereocenters. The summed E-state index contributed by atoms with van der Waals surface area (Å²) in [7, 11) is 0. The molecule has 0 saturated heterocycles. The number of nitrogens with two attached hydrogens (primary N) is 1. The molecule has 1 heterocycles. The molecular weight excluding hydrogens is 743 g/mol. The molecule has 0 amide bonds. The number of hydrogen-bond acceptors (Lipinski definition) is 10. The average Bonchev–Trinajstić information content (AvgIpc) is 3.72. The second-order valence-electron chi connectivity index (χ2n) is 16.1. The van der Waals surface area contributed by atoms with Gasteiger partial charge in [0.1, 0.15) is 12.2 Å². The Morgan fingerprint density at radius 2 is 0.966 bits per heavy atom. The van der Waals surface area contributed by atoms with Crippen molar-refractivity contribution in [3.63, 3.8) is 0 Å². The molecular formula is C45H81N3O10. The number of rotatable bonds is 39. The Morgan fingerprint density at radius 3 is 1.31 bits per heavy atom. The van der Waals surface area contributed by atoms with E-state index in [1.54, 1.807) is 0 Å². The van der Waals surface area contributed by atoms with Gasteiger partial charge in [-0.1, -0.05) is 168 Å². The number of carbonyl (C=O) groups excluding carboxylic acids is 3. The summed E-state index contributed by atoms with van der Waals surface area (Å²) < 4.78 is 0. The number of H-pyrrole nitrogens is 1. The van der Waals surface area contributed by atoms with Crippen LogP contribution in [0.5, 0.6) is 0 Å². The van der Waals surface area contributed by atoms with Crippen LogP contribution in [-0.2, 0) is 30.4 Å². The molecule has 0 bridgehead atoms. The van der Waals surface area contributed by atoms with E-state index in [1.165, 1.54) is 122 Å². The molecule has 13 heteroatoms. The summed E-state index contributed by atoms with van der Waals surface area (Å²) >= 11 is 0. The molecule has 0 aromatic carbocycles. The zero-order chi connectivity index (χ0) is 43.4. The van der Waals surface area contributed by atoms with Crippen molar-refractivity contribution in [1.82, 2.24) is 9.97 Å².